The van der Waals surface area contributed by atoms with Crippen LogP contribution in [-0.2, 0) is 25.4 Å². The summed E-state index contributed by atoms with van der Waals surface area (Å²) in [6, 6.07) is 6.73. The van der Waals surface area contributed by atoms with Gasteiger partial charge in [0.25, 0.3) is 0 Å². The van der Waals surface area contributed by atoms with Gasteiger partial charge in [-0.3, -0.25) is 4.90 Å². The molecule has 2 fully saturated rings. The molecule has 10 heteroatoms. The number of benzene rings is 1. The smallest absolute Gasteiger partial charge is 0.497 e. The maximum atomic E-state index is 13.2. The fourth-order valence-corrected chi connectivity index (χ4v) is 3.99. The first-order valence-corrected chi connectivity index (χ1v) is 12.7. The number of carbonyl (C=O) groups excluding carboxylic acids is 3. The molecule has 1 aromatic carbocycles. The van der Waals surface area contributed by atoms with Gasteiger partial charge in [0.05, 0.1) is 19.7 Å². The first-order chi connectivity index (χ1) is 17.2. The zero-order chi connectivity index (χ0) is 27.4. The number of hydrogen-bond acceptors (Lipinski definition) is 8. The third-order valence-electron chi connectivity index (χ3n) is 5.87. The van der Waals surface area contributed by atoms with Crippen LogP contribution in [0.3, 0.4) is 0 Å². The summed E-state index contributed by atoms with van der Waals surface area (Å²) in [5.41, 5.74) is -0.644. The summed E-state index contributed by atoms with van der Waals surface area (Å²) in [7, 11) is 1.58. The maximum absolute atomic E-state index is 13.2. The van der Waals surface area contributed by atoms with Crippen molar-refractivity contribution in [3.05, 3.63) is 29.8 Å². The molecule has 1 aromatic rings. The number of carbonyl (C=O) groups is 3. The molecule has 0 unspecified atom stereocenters. The molecule has 37 heavy (non-hydrogen) atoms. The second-order valence-electron chi connectivity index (χ2n) is 11.6. The van der Waals surface area contributed by atoms with Crippen molar-refractivity contribution >= 4 is 18.3 Å². The van der Waals surface area contributed by atoms with Crippen LogP contribution in [0.2, 0.25) is 0 Å². The number of alkyl carbamates (subject to hydrolysis) is 1. The van der Waals surface area contributed by atoms with E-state index in [1.54, 1.807) is 48.7 Å². The maximum Gasteiger partial charge on any atom is 0.509 e. The summed E-state index contributed by atoms with van der Waals surface area (Å²) in [5.74, 6) is 1.15. The number of ether oxygens (including phenoxy) is 5. The Balaban J connectivity index is 1.87. The molecule has 1 aliphatic heterocycles. The summed E-state index contributed by atoms with van der Waals surface area (Å²) in [6.07, 6.45) is -1.54. The minimum Gasteiger partial charge on any atom is -0.497 e. The summed E-state index contributed by atoms with van der Waals surface area (Å²) in [4.78, 5) is 40.0. The van der Waals surface area contributed by atoms with E-state index < -0.39 is 47.8 Å². The summed E-state index contributed by atoms with van der Waals surface area (Å²) >= 11 is 0. The van der Waals surface area contributed by atoms with Crippen molar-refractivity contribution in [1.82, 2.24) is 10.2 Å². The highest BCUT2D eigenvalue weighted by Crippen LogP contribution is 2.31. The van der Waals surface area contributed by atoms with Crippen LogP contribution >= 0.6 is 0 Å². The number of nitrogens with one attached hydrogen (secondary N) is 1. The zero-order valence-electron chi connectivity index (χ0n) is 22.9. The molecule has 1 saturated carbocycles. The predicted octanol–water partition coefficient (Wildman–Crippen LogP) is 4.68. The van der Waals surface area contributed by atoms with E-state index in [-0.39, 0.29) is 6.54 Å². The monoisotopic (exact) mass is 520 g/mol. The molecule has 1 saturated heterocycles. The second kappa shape index (κ2) is 11.5. The molecule has 2 aliphatic rings. The average Bonchev–Trinajstić information content (AvgIpc) is 3.55. The Labute approximate surface area is 218 Å². The van der Waals surface area contributed by atoms with Crippen LogP contribution < -0.4 is 10.1 Å². The second-order valence-corrected chi connectivity index (χ2v) is 11.6. The fraction of sp³-hybridized carbons (Fsp3) is 0.667. The molecule has 1 heterocycles. The molecule has 10 nitrogen and oxygen atoms in total. The molecule has 2 amide bonds. The number of nitrogens with zero attached hydrogens (tertiary/aromatic N) is 1. The third kappa shape index (κ3) is 9.02. The van der Waals surface area contributed by atoms with E-state index in [0.717, 1.165) is 18.4 Å². The van der Waals surface area contributed by atoms with E-state index in [1.807, 2.05) is 24.3 Å². The van der Waals surface area contributed by atoms with Gasteiger partial charge in [-0.25, -0.2) is 14.4 Å². The van der Waals surface area contributed by atoms with Crippen LogP contribution in [0.15, 0.2) is 24.3 Å². The van der Waals surface area contributed by atoms with Crippen molar-refractivity contribution in [3.63, 3.8) is 0 Å². The van der Waals surface area contributed by atoms with Gasteiger partial charge in [0.15, 0.2) is 12.2 Å². The van der Waals surface area contributed by atoms with Gasteiger partial charge >= 0.3 is 18.3 Å². The van der Waals surface area contributed by atoms with Gasteiger partial charge in [0.1, 0.15) is 17.0 Å². The molecule has 0 spiro atoms. The lowest BCUT2D eigenvalue weighted by atomic mass is 10.0. The van der Waals surface area contributed by atoms with Crippen molar-refractivity contribution in [1.29, 1.82) is 0 Å². The van der Waals surface area contributed by atoms with Crippen LogP contribution in [0, 0.1) is 5.92 Å². The Hall–Kier alpha value is -3.17. The van der Waals surface area contributed by atoms with Gasteiger partial charge < -0.3 is 29.0 Å². The lowest BCUT2D eigenvalue weighted by Crippen LogP contribution is -2.46. The number of amides is 2. The van der Waals surface area contributed by atoms with Gasteiger partial charge in [-0.05, 0) is 84.4 Å². The van der Waals surface area contributed by atoms with Crippen LogP contribution in [0.1, 0.15) is 59.9 Å². The summed E-state index contributed by atoms with van der Waals surface area (Å²) in [6.45, 7) is 11.0. The van der Waals surface area contributed by atoms with Crippen LogP contribution in [0.25, 0.3) is 0 Å². The minimum absolute atomic E-state index is 0.0183. The van der Waals surface area contributed by atoms with E-state index >= 15 is 0 Å². The topological polar surface area (TPSA) is 113 Å². The first-order valence-electron chi connectivity index (χ1n) is 12.7. The van der Waals surface area contributed by atoms with Gasteiger partial charge in [-0.15, -0.1) is 0 Å². The van der Waals surface area contributed by atoms with E-state index in [4.69, 9.17) is 23.7 Å². The highest BCUT2D eigenvalue weighted by molar-refractivity contribution is 5.71. The van der Waals surface area contributed by atoms with Crippen LogP contribution in [0.5, 0.6) is 5.75 Å². The molecule has 1 N–H and O–H groups in total. The number of rotatable bonds is 7. The molecule has 0 aromatic heterocycles. The molecule has 1 aliphatic carbocycles. The minimum atomic E-state index is -0.947. The lowest BCUT2D eigenvalue weighted by Gasteiger charge is -2.30. The van der Waals surface area contributed by atoms with Gasteiger partial charge in [-0.2, -0.15) is 0 Å². The third-order valence-corrected chi connectivity index (χ3v) is 5.87. The predicted molar refractivity (Wildman–Crippen MR) is 136 cm³/mol. The lowest BCUT2D eigenvalue weighted by molar-refractivity contribution is -0.0518. The Morgan fingerprint density at radius 3 is 2.11 bits per heavy atom. The van der Waals surface area contributed by atoms with Crippen LogP contribution in [0.4, 0.5) is 14.4 Å². The Bertz CT molecular complexity index is 947. The Morgan fingerprint density at radius 1 is 0.946 bits per heavy atom. The molecule has 0 radical (unpaired) electrons. The zero-order valence-corrected chi connectivity index (χ0v) is 22.9. The van der Waals surface area contributed by atoms with Crippen molar-refractivity contribution in [3.8, 4) is 5.75 Å². The van der Waals surface area contributed by atoms with E-state index in [2.05, 4.69) is 5.32 Å². The Morgan fingerprint density at radius 2 is 1.57 bits per heavy atom. The molecular formula is C27H40N2O8. The Kier molecular flexibility index (Phi) is 8.81. The molecule has 3 rings (SSSR count). The van der Waals surface area contributed by atoms with E-state index in [0.29, 0.717) is 24.6 Å². The first kappa shape index (κ1) is 28.4. The normalized spacial score (nSPS) is 21.7. The van der Waals surface area contributed by atoms with Crippen LogP contribution in [-0.4, -0.2) is 72.9 Å². The molecule has 0 bridgehead atoms. The van der Waals surface area contributed by atoms with Crippen molar-refractivity contribution in [2.24, 2.45) is 5.92 Å². The standard InChI is InChI=1S/C27H40N2O8/c1-26(2,3)36-24(31)29-16-21(34-25(32)37-27(4,5)6)22(35-23(30)28-15-18-8-9-18)20(29)14-17-10-12-19(33-7)13-11-17/h10-13,18,20-22H,8-9,14-16H2,1-7H3,(H,28,30)/t20-,21+,22+/m1/s1. The van der Waals surface area contributed by atoms with Gasteiger partial charge in [0, 0.05) is 6.54 Å². The van der Waals surface area contributed by atoms with Gasteiger partial charge in [-0.1, -0.05) is 12.1 Å². The number of methoxy groups -OCH3 is 1. The quantitative estimate of drug-likeness (QED) is 0.407. The largest absolute Gasteiger partial charge is 0.509 e. The summed E-state index contributed by atoms with van der Waals surface area (Å²) in [5, 5.41) is 2.78. The average molecular weight is 521 g/mol. The number of likely N-dealkylation sites (tertiary alicyclic amines) is 1. The van der Waals surface area contributed by atoms with E-state index in [9.17, 15) is 14.4 Å². The molecule has 3 atom stereocenters. The van der Waals surface area contributed by atoms with Crippen molar-refractivity contribution in [2.75, 3.05) is 20.2 Å². The molecule has 206 valence electrons. The highest BCUT2D eigenvalue weighted by Gasteiger charge is 2.50. The highest BCUT2D eigenvalue weighted by atomic mass is 16.7. The van der Waals surface area contributed by atoms with Gasteiger partial charge in [0.2, 0.25) is 0 Å². The number of hydrogen-bond donors (Lipinski definition) is 1. The van der Waals surface area contributed by atoms with Crippen molar-refractivity contribution < 1.29 is 38.1 Å². The fourth-order valence-electron chi connectivity index (χ4n) is 3.99. The molecular weight excluding hydrogens is 480 g/mol. The van der Waals surface area contributed by atoms with Crippen molar-refractivity contribution in [2.45, 2.75) is 90.3 Å². The van der Waals surface area contributed by atoms with E-state index in [1.165, 1.54) is 4.90 Å². The SMILES string of the molecule is COc1ccc(C[C@@H]2[C@H](OC(=O)NCC3CC3)[C@@H](OC(=O)OC(C)(C)C)CN2C(=O)OC(C)(C)C)cc1. The summed E-state index contributed by atoms with van der Waals surface area (Å²) < 4.78 is 27.6.